The second-order valence-corrected chi connectivity index (χ2v) is 5.22. The van der Waals surface area contributed by atoms with Gasteiger partial charge in [-0.25, -0.2) is 19.9 Å². The maximum Gasteiger partial charge on any atom is 0.115 e. The molecule has 2 heterocycles. The van der Waals surface area contributed by atoms with Gasteiger partial charge in [-0.2, -0.15) is 0 Å². The molecule has 2 aromatic heterocycles. The first-order valence-corrected chi connectivity index (χ1v) is 6.80. The third-order valence-electron chi connectivity index (χ3n) is 4.08. The number of hydrogen-bond acceptors (Lipinski definition) is 6. The average molecular weight is 270 g/mol. The van der Waals surface area contributed by atoms with Gasteiger partial charge < -0.3 is 11.5 Å². The molecule has 0 aromatic carbocycles. The first-order valence-electron chi connectivity index (χ1n) is 6.80. The molecule has 104 valence electrons. The summed E-state index contributed by atoms with van der Waals surface area (Å²) in [5.41, 5.74) is 14.4. The Bertz CT molecular complexity index is 546. The first-order chi connectivity index (χ1) is 9.77. The molecule has 4 atom stereocenters. The minimum Gasteiger partial charge on any atom is -0.326 e. The van der Waals surface area contributed by atoms with Gasteiger partial charge in [0, 0.05) is 47.7 Å². The number of hydrogen-bond donors (Lipinski definition) is 2. The summed E-state index contributed by atoms with van der Waals surface area (Å²) in [6, 6.07) is 3.73. The Labute approximate surface area is 117 Å². The van der Waals surface area contributed by atoms with Crippen LogP contribution in [0.3, 0.4) is 0 Å². The minimum absolute atomic E-state index is 0.00643. The predicted octanol–water partition coefficient (Wildman–Crippen LogP) is 0.582. The quantitative estimate of drug-likeness (QED) is 0.827. The molecular formula is C14H18N6. The van der Waals surface area contributed by atoms with Crippen LogP contribution in [-0.2, 0) is 0 Å². The summed E-state index contributed by atoms with van der Waals surface area (Å²) in [5, 5.41) is 0. The van der Waals surface area contributed by atoms with Gasteiger partial charge in [-0.3, -0.25) is 0 Å². The van der Waals surface area contributed by atoms with E-state index in [0.717, 1.165) is 24.2 Å². The van der Waals surface area contributed by atoms with E-state index in [2.05, 4.69) is 19.9 Å². The molecule has 0 spiro atoms. The fourth-order valence-corrected chi connectivity index (χ4v) is 3.03. The highest BCUT2D eigenvalue weighted by Crippen LogP contribution is 2.41. The van der Waals surface area contributed by atoms with Crippen molar-refractivity contribution < 1.29 is 0 Å². The number of aromatic nitrogens is 4. The van der Waals surface area contributed by atoms with E-state index in [1.54, 1.807) is 25.0 Å². The predicted molar refractivity (Wildman–Crippen MR) is 74.7 cm³/mol. The molecule has 1 aliphatic rings. The highest BCUT2D eigenvalue weighted by Gasteiger charge is 2.38. The smallest absolute Gasteiger partial charge is 0.115 e. The lowest BCUT2D eigenvalue weighted by Crippen LogP contribution is -2.50. The van der Waals surface area contributed by atoms with Gasteiger partial charge in [0.25, 0.3) is 0 Å². The Hall–Kier alpha value is -1.92. The molecule has 4 unspecified atom stereocenters. The van der Waals surface area contributed by atoms with Gasteiger partial charge in [0.1, 0.15) is 12.7 Å². The van der Waals surface area contributed by atoms with Gasteiger partial charge in [-0.15, -0.1) is 0 Å². The van der Waals surface area contributed by atoms with Crippen molar-refractivity contribution in [1.82, 2.24) is 19.9 Å². The third-order valence-corrected chi connectivity index (χ3v) is 4.08. The SMILES string of the molecule is NC1CCC(c2ccncn2)C(c2ccncn2)C1N. The summed E-state index contributed by atoms with van der Waals surface area (Å²) in [5.74, 6) is 0.291. The van der Waals surface area contributed by atoms with E-state index < -0.39 is 0 Å². The van der Waals surface area contributed by atoms with Crippen LogP contribution in [0.2, 0.25) is 0 Å². The van der Waals surface area contributed by atoms with Crippen LogP contribution < -0.4 is 11.5 Å². The minimum atomic E-state index is -0.126. The van der Waals surface area contributed by atoms with Crippen LogP contribution in [0.1, 0.15) is 36.1 Å². The first kappa shape index (κ1) is 13.1. The lowest BCUT2D eigenvalue weighted by atomic mass is 9.71. The summed E-state index contributed by atoms with van der Waals surface area (Å²) in [6.45, 7) is 0. The van der Waals surface area contributed by atoms with Crippen molar-refractivity contribution in [2.75, 3.05) is 0 Å². The van der Waals surface area contributed by atoms with Gasteiger partial charge in [0.2, 0.25) is 0 Å². The Morgan fingerprint density at radius 3 is 2.15 bits per heavy atom. The van der Waals surface area contributed by atoms with Crippen molar-refractivity contribution in [2.24, 2.45) is 11.5 Å². The van der Waals surface area contributed by atoms with Crippen LogP contribution in [-0.4, -0.2) is 32.0 Å². The number of nitrogens with two attached hydrogens (primary N) is 2. The van der Waals surface area contributed by atoms with E-state index in [1.807, 2.05) is 12.1 Å². The Morgan fingerprint density at radius 2 is 1.55 bits per heavy atom. The lowest BCUT2D eigenvalue weighted by molar-refractivity contribution is 0.293. The Balaban J connectivity index is 1.99. The molecule has 20 heavy (non-hydrogen) atoms. The summed E-state index contributed by atoms with van der Waals surface area (Å²) in [4.78, 5) is 16.7. The van der Waals surface area contributed by atoms with Crippen molar-refractivity contribution in [1.29, 1.82) is 0 Å². The standard InChI is InChI=1S/C14H18N6/c15-10-2-1-9(11-3-5-17-7-19-11)13(14(10)16)12-4-6-18-8-20-12/h3-10,13-14H,1-2,15-16H2. The van der Waals surface area contributed by atoms with Crippen LogP contribution in [0.5, 0.6) is 0 Å². The molecule has 0 amide bonds. The van der Waals surface area contributed by atoms with Gasteiger partial charge in [0.15, 0.2) is 0 Å². The largest absolute Gasteiger partial charge is 0.326 e. The molecule has 4 N–H and O–H groups in total. The van der Waals surface area contributed by atoms with Crippen molar-refractivity contribution in [2.45, 2.75) is 36.8 Å². The number of nitrogens with zero attached hydrogens (tertiary/aromatic N) is 4. The van der Waals surface area contributed by atoms with Crippen molar-refractivity contribution >= 4 is 0 Å². The molecule has 6 nitrogen and oxygen atoms in total. The second kappa shape index (κ2) is 5.60. The van der Waals surface area contributed by atoms with E-state index >= 15 is 0 Å². The van der Waals surface area contributed by atoms with Crippen LogP contribution in [0.4, 0.5) is 0 Å². The lowest BCUT2D eigenvalue weighted by Gasteiger charge is -2.39. The third kappa shape index (κ3) is 2.39. The van der Waals surface area contributed by atoms with Crippen LogP contribution in [0, 0.1) is 0 Å². The van der Waals surface area contributed by atoms with Crippen molar-refractivity contribution in [3.8, 4) is 0 Å². The van der Waals surface area contributed by atoms with Crippen LogP contribution in [0.15, 0.2) is 37.2 Å². The molecule has 0 bridgehead atoms. The molecule has 1 fully saturated rings. The van der Waals surface area contributed by atoms with Gasteiger partial charge in [0.05, 0.1) is 0 Å². The van der Waals surface area contributed by atoms with E-state index in [0.29, 0.717) is 0 Å². The molecule has 1 aliphatic carbocycles. The van der Waals surface area contributed by atoms with Crippen LogP contribution >= 0.6 is 0 Å². The van der Waals surface area contributed by atoms with Gasteiger partial charge >= 0.3 is 0 Å². The average Bonchev–Trinajstić information content (AvgIpc) is 2.51. The molecule has 3 rings (SSSR count). The molecule has 0 aliphatic heterocycles. The molecule has 0 radical (unpaired) electrons. The Morgan fingerprint density at radius 1 is 0.900 bits per heavy atom. The van der Waals surface area contributed by atoms with E-state index in [4.69, 9.17) is 11.5 Å². The monoisotopic (exact) mass is 270 g/mol. The summed E-state index contributed by atoms with van der Waals surface area (Å²) < 4.78 is 0. The van der Waals surface area contributed by atoms with E-state index in [1.165, 1.54) is 0 Å². The van der Waals surface area contributed by atoms with Crippen LogP contribution in [0.25, 0.3) is 0 Å². The summed E-state index contributed by atoms with van der Waals surface area (Å²) >= 11 is 0. The van der Waals surface area contributed by atoms with Crippen molar-refractivity contribution in [3.05, 3.63) is 48.6 Å². The molecule has 0 saturated heterocycles. The highest BCUT2D eigenvalue weighted by atomic mass is 14.9. The van der Waals surface area contributed by atoms with E-state index in [-0.39, 0.29) is 23.9 Å². The molecule has 2 aromatic rings. The zero-order valence-electron chi connectivity index (χ0n) is 11.1. The highest BCUT2D eigenvalue weighted by molar-refractivity contribution is 5.23. The zero-order chi connectivity index (χ0) is 13.9. The molecular weight excluding hydrogens is 252 g/mol. The topological polar surface area (TPSA) is 104 Å². The summed E-state index contributed by atoms with van der Waals surface area (Å²) in [6.07, 6.45) is 8.50. The van der Waals surface area contributed by atoms with Crippen molar-refractivity contribution in [3.63, 3.8) is 0 Å². The van der Waals surface area contributed by atoms with E-state index in [9.17, 15) is 0 Å². The Kier molecular flexibility index (Phi) is 3.66. The fraction of sp³-hybridized carbons (Fsp3) is 0.429. The molecule has 1 saturated carbocycles. The fourth-order valence-electron chi connectivity index (χ4n) is 3.03. The van der Waals surface area contributed by atoms with Gasteiger partial charge in [-0.05, 0) is 25.0 Å². The zero-order valence-corrected chi connectivity index (χ0v) is 11.1. The number of rotatable bonds is 2. The maximum absolute atomic E-state index is 6.35. The maximum atomic E-state index is 6.35. The van der Waals surface area contributed by atoms with Gasteiger partial charge in [-0.1, -0.05) is 0 Å². The summed E-state index contributed by atoms with van der Waals surface area (Å²) in [7, 11) is 0. The normalized spacial score (nSPS) is 30.1. The second-order valence-electron chi connectivity index (χ2n) is 5.22. The molecule has 6 heteroatoms.